The molecule has 0 aliphatic heterocycles. The standard InChI is InChI=1S/C26H34F6N6O.C2HF3O2/c1-15-14-33-22(36-21(15)37(4)5)34-19-7-9-20(10-8-19)35-23(39)38(6)24(2,3)16-11-17(25(27,28)29)13-18(12-16)26(30,31)32;3-2(4,5)1(6)7/h11-14,19-20H,7-10H2,1-6H3,(H,35,39)(H,33,34,36);(H,6,7)/t19-,20+;. The van der Waals surface area contributed by atoms with Crippen LogP contribution < -0.4 is 15.5 Å². The molecule has 18 heteroatoms. The van der Waals surface area contributed by atoms with Gasteiger partial charge in [0.1, 0.15) is 5.82 Å². The van der Waals surface area contributed by atoms with Crippen LogP contribution in [0.15, 0.2) is 24.4 Å². The zero-order valence-electron chi connectivity index (χ0n) is 25.7. The van der Waals surface area contributed by atoms with Crippen molar-refractivity contribution in [2.75, 3.05) is 31.4 Å². The lowest BCUT2D eigenvalue weighted by Gasteiger charge is -2.38. The number of hydrogen-bond acceptors (Lipinski definition) is 6. The Hall–Kier alpha value is -3.99. The smallest absolute Gasteiger partial charge is 0.475 e. The number of amides is 2. The third-order valence-electron chi connectivity index (χ3n) is 7.44. The van der Waals surface area contributed by atoms with Crippen molar-refractivity contribution in [2.24, 2.45) is 0 Å². The highest BCUT2D eigenvalue weighted by molar-refractivity contribution is 5.75. The summed E-state index contributed by atoms with van der Waals surface area (Å²) in [5, 5.41) is 13.3. The monoisotopic (exact) mass is 674 g/mol. The zero-order valence-corrected chi connectivity index (χ0v) is 25.7. The van der Waals surface area contributed by atoms with Crippen LogP contribution in [0.4, 0.5) is 56.1 Å². The summed E-state index contributed by atoms with van der Waals surface area (Å²) in [5.41, 5.74) is -3.63. The van der Waals surface area contributed by atoms with E-state index in [4.69, 9.17) is 9.90 Å². The zero-order chi connectivity index (χ0) is 35.4. The summed E-state index contributed by atoms with van der Waals surface area (Å²) in [5.74, 6) is -1.44. The molecule has 0 atom stereocenters. The number of halogens is 9. The van der Waals surface area contributed by atoms with Crippen LogP contribution in [0.2, 0.25) is 0 Å². The minimum atomic E-state index is -5.08. The van der Waals surface area contributed by atoms with Gasteiger partial charge < -0.3 is 25.5 Å². The van der Waals surface area contributed by atoms with Crippen LogP contribution in [0.3, 0.4) is 0 Å². The van der Waals surface area contributed by atoms with Crippen LogP contribution in [0.5, 0.6) is 0 Å². The van der Waals surface area contributed by atoms with E-state index in [0.29, 0.717) is 30.9 Å². The van der Waals surface area contributed by atoms with Gasteiger partial charge in [0.05, 0.1) is 16.7 Å². The number of carboxylic acid groups (broad SMARTS) is 1. The minimum Gasteiger partial charge on any atom is -0.475 e. The van der Waals surface area contributed by atoms with Gasteiger partial charge in [-0.1, -0.05) is 0 Å². The molecule has 1 fully saturated rings. The topological polar surface area (TPSA) is 111 Å². The molecule has 258 valence electrons. The Bertz CT molecular complexity index is 1340. The molecule has 1 aromatic heterocycles. The summed E-state index contributed by atoms with van der Waals surface area (Å²) in [6.07, 6.45) is -10.6. The molecule has 1 saturated carbocycles. The second kappa shape index (κ2) is 14.2. The number of carbonyl (C=O) groups is 2. The molecular weight excluding hydrogens is 639 g/mol. The number of aliphatic carboxylic acids is 1. The largest absolute Gasteiger partial charge is 0.490 e. The Morgan fingerprint density at radius 1 is 0.826 bits per heavy atom. The SMILES string of the molecule is Cc1cnc(N[C@H]2CC[C@@H](NC(=O)N(C)C(C)(C)c3cc(C(F)(F)F)cc(C(F)(F)F)c3)CC2)nc1N(C)C.O=C(O)C(F)(F)F. The highest BCUT2D eigenvalue weighted by Crippen LogP contribution is 2.39. The van der Waals surface area contributed by atoms with Crippen molar-refractivity contribution < 1.29 is 54.2 Å². The normalized spacial score (nSPS) is 17.4. The van der Waals surface area contributed by atoms with E-state index in [9.17, 15) is 44.3 Å². The Kier molecular flexibility index (Phi) is 11.8. The number of anilines is 2. The van der Waals surface area contributed by atoms with Crippen LogP contribution in [0.1, 0.15) is 61.8 Å². The summed E-state index contributed by atoms with van der Waals surface area (Å²) in [4.78, 5) is 33.8. The number of aromatic nitrogens is 2. The predicted molar refractivity (Wildman–Crippen MR) is 150 cm³/mol. The second-order valence-electron chi connectivity index (χ2n) is 11.5. The molecule has 1 aliphatic rings. The van der Waals surface area contributed by atoms with Gasteiger partial charge in [-0.05, 0) is 70.2 Å². The van der Waals surface area contributed by atoms with Gasteiger partial charge in [-0.2, -0.15) is 44.5 Å². The van der Waals surface area contributed by atoms with Gasteiger partial charge in [0, 0.05) is 45.0 Å². The summed E-state index contributed by atoms with van der Waals surface area (Å²) in [7, 11) is 5.15. The van der Waals surface area contributed by atoms with E-state index in [1.54, 1.807) is 6.20 Å². The third kappa shape index (κ3) is 10.3. The quantitative estimate of drug-likeness (QED) is 0.289. The van der Waals surface area contributed by atoms with Gasteiger partial charge in [-0.15, -0.1) is 0 Å². The van der Waals surface area contributed by atoms with E-state index in [2.05, 4.69) is 20.6 Å². The Morgan fingerprint density at radius 2 is 1.26 bits per heavy atom. The highest BCUT2D eigenvalue weighted by Gasteiger charge is 2.40. The molecule has 1 aliphatic carbocycles. The summed E-state index contributed by atoms with van der Waals surface area (Å²) in [6, 6.07) is 0.707. The van der Waals surface area contributed by atoms with Gasteiger partial charge >= 0.3 is 30.5 Å². The first-order valence-electron chi connectivity index (χ1n) is 13.8. The Labute approximate surface area is 259 Å². The number of carboxylic acids is 1. The lowest BCUT2D eigenvalue weighted by molar-refractivity contribution is -0.192. The van der Waals surface area contributed by atoms with Crippen molar-refractivity contribution in [2.45, 2.75) is 82.6 Å². The van der Waals surface area contributed by atoms with E-state index < -0.39 is 47.2 Å². The summed E-state index contributed by atoms with van der Waals surface area (Å²) in [6.45, 7) is 4.74. The van der Waals surface area contributed by atoms with Gasteiger partial charge in [0.25, 0.3) is 0 Å². The molecular formula is C28H35F9N6O3. The Balaban J connectivity index is 0.000000942. The lowest BCUT2D eigenvalue weighted by atomic mass is 9.89. The van der Waals surface area contributed by atoms with Crippen molar-refractivity contribution in [3.63, 3.8) is 0 Å². The van der Waals surface area contributed by atoms with E-state index in [-0.39, 0.29) is 23.7 Å². The van der Waals surface area contributed by atoms with E-state index in [1.165, 1.54) is 20.9 Å². The number of urea groups is 1. The van der Waals surface area contributed by atoms with E-state index in [1.807, 2.05) is 25.9 Å². The first kappa shape index (κ1) is 38.2. The fourth-order valence-electron chi connectivity index (χ4n) is 4.55. The number of benzene rings is 1. The van der Waals surface area contributed by atoms with Gasteiger partial charge in [0.15, 0.2) is 0 Å². The van der Waals surface area contributed by atoms with Crippen molar-refractivity contribution in [1.82, 2.24) is 20.2 Å². The van der Waals surface area contributed by atoms with Crippen LogP contribution in [-0.4, -0.2) is 71.4 Å². The molecule has 9 nitrogen and oxygen atoms in total. The second-order valence-corrected chi connectivity index (χ2v) is 11.5. The number of alkyl halides is 9. The molecule has 0 saturated heterocycles. The molecule has 1 aromatic carbocycles. The molecule has 2 aromatic rings. The van der Waals surface area contributed by atoms with Crippen LogP contribution >= 0.6 is 0 Å². The third-order valence-corrected chi connectivity index (χ3v) is 7.44. The molecule has 3 rings (SSSR count). The van der Waals surface area contributed by atoms with Crippen LogP contribution in [-0.2, 0) is 22.7 Å². The van der Waals surface area contributed by atoms with Crippen molar-refractivity contribution >= 4 is 23.8 Å². The molecule has 0 spiro atoms. The molecule has 0 radical (unpaired) electrons. The predicted octanol–water partition coefficient (Wildman–Crippen LogP) is 6.82. The number of rotatable bonds is 6. The number of hydrogen-bond donors (Lipinski definition) is 3. The van der Waals surface area contributed by atoms with Crippen molar-refractivity contribution in [1.29, 1.82) is 0 Å². The maximum absolute atomic E-state index is 13.4. The Morgan fingerprint density at radius 3 is 1.67 bits per heavy atom. The highest BCUT2D eigenvalue weighted by atomic mass is 19.4. The molecule has 46 heavy (non-hydrogen) atoms. The number of nitrogens with one attached hydrogen (secondary N) is 2. The fraction of sp³-hybridized carbons (Fsp3) is 0.571. The van der Waals surface area contributed by atoms with E-state index in [0.717, 1.165) is 29.1 Å². The van der Waals surface area contributed by atoms with E-state index >= 15 is 0 Å². The average Bonchev–Trinajstić information content (AvgIpc) is 2.93. The number of aryl methyl sites for hydroxylation is 1. The van der Waals surface area contributed by atoms with Crippen molar-refractivity contribution in [3.05, 3.63) is 46.6 Å². The van der Waals surface area contributed by atoms with Gasteiger partial charge in [-0.25, -0.2) is 14.6 Å². The van der Waals surface area contributed by atoms with Crippen LogP contribution in [0.25, 0.3) is 0 Å². The van der Waals surface area contributed by atoms with Gasteiger partial charge in [-0.3, -0.25) is 0 Å². The maximum Gasteiger partial charge on any atom is 0.490 e. The first-order valence-corrected chi connectivity index (χ1v) is 13.8. The van der Waals surface area contributed by atoms with Crippen molar-refractivity contribution in [3.8, 4) is 0 Å². The summed E-state index contributed by atoms with van der Waals surface area (Å²) < 4.78 is 112. The first-order chi connectivity index (χ1) is 20.8. The average molecular weight is 675 g/mol. The number of nitrogens with zero attached hydrogens (tertiary/aromatic N) is 4. The lowest BCUT2D eigenvalue weighted by Crippen LogP contribution is -2.51. The minimum absolute atomic E-state index is 0.0785. The molecule has 1 heterocycles. The molecule has 0 unspecified atom stereocenters. The number of carbonyl (C=O) groups excluding carboxylic acids is 1. The molecule has 0 bridgehead atoms. The molecule has 2 amide bonds. The molecule has 3 N–H and O–H groups in total. The summed E-state index contributed by atoms with van der Waals surface area (Å²) >= 11 is 0. The maximum atomic E-state index is 13.4. The van der Waals surface area contributed by atoms with Gasteiger partial charge in [0.2, 0.25) is 5.95 Å². The fourth-order valence-corrected chi connectivity index (χ4v) is 4.55. The van der Waals surface area contributed by atoms with Crippen LogP contribution in [0, 0.1) is 6.92 Å².